The van der Waals surface area contributed by atoms with E-state index in [1.54, 1.807) is 12.1 Å². The molecule has 182 valence electrons. The van der Waals surface area contributed by atoms with Crippen LogP contribution >= 0.6 is 0 Å². The number of aromatic hydroxyl groups is 1. The van der Waals surface area contributed by atoms with Crippen LogP contribution in [0.25, 0.3) is 0 Å². The fraction of sp³-hybridized carbons (Fsp3) is 0.542. The molecule has 0 saturated heterocycles. The standard InChI is InChI=1S/C24H27NO9/c1-11(32-22(30)14(25)10-17(27)28)21(29)33-16-6-8-24(31)13-3-2-7-23(24)18-12(9-13)4-5-15(26)19(18)34-20(16)23/h4-6,11,13-14,20,26,31H,2-3,7-10,25H2,1H3,(H,27,28)/t11-,13+,14-,20-,23-,24+/m0/s1. The summed E-state index contributed by atoms with van der Waals surface area (Å²) >= 11 is 0. The van der Waals surface area contributed by atoms with Crippen molar-refractivity contribution in [3.8, 4) is 11.5 Å². The van der Waals surface area contributed by atoms with Gasteiger partial charge >= 0.3 is 17.9 Å². The van der Waals surface area contributed by atoms with Crippen molar-refractivity contribution in [2.75, 3.05) is 0 Å². The average molecular weight is 473 g/mol. The lowest BCUT2D eigenvalue weighted by Gasteiger charge is -2.59. The molecule has 1 spiro atoms. The van der Waals surface area contributed by atoms with Crippen LogP contribution in [-0.4, -0.2) is 57.1 Å². The average Bonchev–Trinajstić information content (AvgIpc) is 3.12. The Kier molecular flexibility index (Phi) is 5.14. The summed E-state index contributed by atoms with van der Waals surface area (Å²) in [6.07, 6.45) is 2.12. The van der Waals surface area contributed by atoms with Crippen molar-refractivity contribution < 1.29 is 43.9 Å². The summed E-state index contributed by atoms with van der Waals surface area (Å²) in [7, 11) is 0. The molecule has 10 heteroatoms. The van der Waals surface area contributed by atoms with Crippen LogP contribution in [0.3, 0.4) is 0 Å². The number of rotatable bonds is 6. The third-order valence-corrected chi connectivity index (χ3v) is 7.80. The molecule has 5 rings (SSSR count). The molecule has 0 radical (unpaired) electrons. The summed E-state index contributed by atoms with van der Waals surface area (Å²) in [6.45, 7) is 1.30. The smallest absolute Gasteiger partial charge is 0.352 e. The number of hydrogen-bond acceptors (Lipinski definition) is 9. The molecular weight excluding hydrogens is 446 g/mol. The Morgan fingerprint density at radius 2 is 2.06 bits per heavy atom. The first-order chi connectivity index (χ1) is 16.1. The molecule has 0 amide bonds. The number of ether oxygens (including phenoxy) is 3. The zero-order valence-corrected chi connectivity index (χ0v) is 18.7. The molecule has 0 aromatic heterocycles. The lowest BCUT2D eigenvalue weighted by molar-refractivity contribution is -0.172. The van der Waals surface area contributed by atoms with Gasteiger partial charge in [-0.15, -0.1) is 0 Å². The fourth-order valence-electron chi connectivity index (χ4n) is 6.31. The molecule has 1 aromatic carbocycles. The summed E-state index contributed by atoms with van der Waals surface area (Å²) in [5.74, 6) is -2.69. The number of hydrogen-bond donors (Lipinski definition) is 4. The molecule has 1 heterocycles. The number of phenols is 1. The van der Waals surface area contributed by atoms with E-state index in [1.165, 1.54) is 6.92 Å². The van der Waals surface area contributed by atoms with Gasteiger partial charge in [-0.3, -0.25) is 9.59 Å². The maximum Gasteiger partial charge on any atom is 0.352 e. The molecule has 1 saturated carbocycles. The van der Waals surface area contributed by atoms with E-state index in [9.17, 15) is 24.6 Å². The third-order valence-electron chi connectivity index (χ3n) is 7.80. The number of esters is 2. The maximum atomic E-state index is 12.8. The Morgan fingerprint density at radius 3 is 2.79 bits per heavy atom. The second-order valence-corrected chi connectivity index (χ2v) is 9.65. The number of carbonyl (C=O) groups is 3. The van der Waals surface area contributed by atoms with Gasteiger partial charge in [-0.2, -0.15) is 0 Å². The van der Waals surface area contributed by atoms with E-state index in [0.29, 0.717) is 18.6 Å². The largest absolute Gasteiger partial charge is 0.504 e. The number of phenolic OH excluding ortho intramolecular Hbond substituents is 1. The Bertz CT molecular complexity index is 1110. The minimum Gasteiger partial charge on any atom is -0.504 e. The molecule has 4 aliphatic rings. The SMILES string of the molecule is C[C@H](OC(=O)[C@@H](N)CC(=O)O)C(=O)OC1=CC[C@@]2(O)[C@@H]3CCC[C@@]24c2c(ccc(O)c2O[C@@H]14)C3. The highest BCUT2D eigenvalue weighted by Crippen LogP contribution is 2.67. The van der Waals surface area contributed by atoms with Crippen molar-refractivity contribution in [3.05, 3.63) is 35.1 Å². The van der Waals surface area contributed by atoms with Gasteiger partial charge in [0, 0.05) is 5.56 Å². The van der Waals surface area contributed by atoms with Gasteiger partial charge in [-0.05, 0) is 56.2 Å². The van der Waals surface area contributed by atoms with Gasteiger partial charge in [0.05, 0.1) is 17.4 Å². The van der Waals surface area contributed by atoms with Crippen LogP contribution < -0.4 is 10.5 Å². The van der Waals surface area contributed by atoms with Crippen LogP contribution in [0.5, 0.6) is 11.5 Å². The van der Waals surface area contributed by atoms with Crippen LogP contribution in [0.2, 0.25) is 0 Å². The first-order valence-corrected chi connectivity index (χ1v) is 11.4. The topological polar surface area (TPSA) is 166 Å². The summed E-state index contributed by atoms with van der Waals surface area (Å²) in [5, 5.41) is 31.2. The molecule has 34 heavy (non-hydrogen) atoms. The van der Waals surface area contributed by atoms with Crippen molar-refractivity contribution in [2.45, 2.75) is 74.7 Å². The first-order valence-electron chi connectivity index (χ1n) is 11.4. The summed E-state index contributed by atoms with van der Waals surface area (Å²) in [5.41, 5.74) is 5.35. The molecule has 1 fully saturated rings. The van der Waals surface area contributed by atoms with Crippen LogP contribution in [0.4, 0.5) is 0 Å². The number of aliphatic carboxylic acids is 1. The fourth-order valence-corrected chi connectivity index (χ4v) is 6.31. The van der Waals surface area contributed by atoms with E-state index in [4.69, 9.17) is 25.1 Å². The van der Waals surface area contributed by atoms with Crippen molar-refractivity contribution in [1.82, 2.24) is 0 Å². The van der Waals surface area contributed by atoms with Crippen LogP contribution in [0.1, 0.15) is 50.2 Å². The molecule has 6 atom stereocenters. The highest BCUT2D eigenvalue weighted by molar-refractivity contribution is 5.85. The Hall–Kier alpha value is -3.11. The summed E-state index contributed by atoms with van der Waals surface area (Å²) in [4.78, 5) is 35.5. The minimum atomic E-state index is -1.41. The highest BCUT2D eigenvalue weighted by Gasteiger charge is 2.70. The van der Waals surface area contributed by atoms with Gasteiger partial charge in [0.25, 0.3) is 0 Å². The lowest BCUT2D eigenvalue weighted by Crippen LogP contribution is -2.67. The number of carboxylic acids is 1. The van der Waals surface area contributed by atoms with Crippen LogP contribution in [-0.2, 0) is 35.7 Å². The molecule has 1 aliphatic heterocycles. The van der Waals surface area contributed by atoms with E-state index in [1.807, 2.05) is 6.07 Å². The summed E-state index contributed by atoms with van der Waals surface area (Å²) < 4.78 is 16.8. The number of benzene rings is 1. The second-order valence-electron chi connectivity index (χ2n) is 9.65. The van der Waals surface area contributed by atoms with E-state index >= 15 is 0 Å². The molecule has 1 aromatic rings. The predicted molar refractivity (Wildman–Crippen MR) is 115 cm³/mol. The Labute approximate surface area is 195 Å². The number of aliphatic hydroxyl groups is 1. The van der Waals surface area contributed by atoms with Gasteiger partial charge in [-0.1, -0.05) is 12.5 Å². The minimum absolute atomic E-state index is 0.0134. The van der Waals surface area contributed by atoms with Crippen molar-refractivity contribution in [3.63, 3.8) is 0 Å². The Morgan fingerprint density at radius 1 is 1.29 bits per heavy atom. The van der Waals surface area contributed by atoms with Gasteiger partial charge in [0.2, 0.25) is 0 Å². The number of carboxylic acid groups (broad SMARTS) is 1. The van der Waals surface area contributed by atoms with E-state index in [-0.39, 0.29) is 23.8 Å². The molecule has 10 nitrogen and oxygen atoms in total. The van der Waals surface area contributed by atoms with E-state index < -0.39 is 53.6 Å². The quantitative estimate of drug-likeness (QED) is 0.439. The lowest BCUT2D eigenvalue weighted by atomic mass is 9.47. The van der Waals surface area contributed by atoms with Crippen molar-refractivity contribution in [2.24, 2.45) is 11.7 Å². The summed E-state index contributed by atoms with van der Waals surface area (Å²) in [6, 6.07) is 2.04. The maximum absolute atomic E-state index is 12.8. The van der Waals surface area contributed by atoms with Crippen molar-refractivity contribution in [1.29, 1.82) is 0 Å². The van der Waals surface area contributed by atoms with Gasteiger partial charge in [0.15, 0.2) is 23.7 Å². The molecular formula is C24H27NO9. The molecule has 0 unspecified atom stereocenters. The molecule has 2 bridgehead atoms. The normalized spacial score (nSPS) is 31.9. The zero-order chi connectivity index (χ0) is 24.4. The van der Waals surface area contributed by atoms with Crippen LogP contribution in [0.15, 0.2) is 24.0 Å². The van der Waals surface area contributed by atoms with Gasteiger partial charge < -0.3 is 35.3 Å². The Balaban J connectivity index is 1.41. The van der Waals surface area contributed by atoms with Gasteiger partial charge in [-0.25, -0.2) is 4.79 Å². The third kappa shape index (κ3) is 3.05. The molecule has 3 aliphatic carbocycles. The highest BCUT2D eigenvalue weighted by atomic mass is 16.6. The second kappa shape index (κ2) is 7.71. The first kappa shape index (κ1) is 22.7. The number of carbonyl (C=O) groups excluding carboxylic acids is 2. The van der Waals surface area contributed by atoms with E-state index in [2.05, 4.69) is 0 Å². The van der Waals surface area contributed by atoms with Gasteiger partial charge in [0.1, 0.15) is 11.8 Å². The van der Waals surface area contributed by atoms with Crippen molar-refractivity contribution >= 4 is 17.9 Å². The zero-order valence-electron chi connectivity index (χ0n) is 18.7. The van der Waals surface area contributed by atoms with Crippen LogP contribution in [0, 0.1) is 5.92 Å². The predicted octanol–water partition coefficient (Wildman–Crippen LogP) is 1.04. The molecule has 5 N–H and O–H groups in total. The monoisotopic (exact) mass is 473 g/mol. The van der Waals surface area contributed by atoms with E-state index in [0.717, 1.165) is 24.0 Å². The number of nitrogens with two attached hydrogens (primary N) is 1.